The lowest BCUT2D eigenvalue weighted by Gasteiger charge is -2.17. The molecule has 110 valence electrons. The van der Waals surface area contributed by atoms with Crippen molar-refractivity contribution in [2.75, 3.05) is 7.05 Å². The molecule has 3 rings (SSSR count). The summed E-state index contributed by atoms with van der Waals surface area (Å²) in [5.74, 6) is 0.110. The van der Waals surface area contributed by atoms with Gasteiger partial charge in [-0.25, -0.2) is 0 Å². The van der Waals surface area contributed by atoms with E-state index >= 15 is 0 Å². The average Bonchev–Trinajstić information content (AvgIpc) is 3.25. The molecule has 1 fully saturated rings. The Morgan fingerprint density at radius 3 is 2.52 bits per heavy atom. The maximum Gasteiger partial charge on any atom is 0.255 e. The molecule has 1 aliphatic carbocycles. The van der Waals surface area contributed by atoms with E-state index in [4.69, 9.17) is 0 Å². The predicted octanol–water partition coefficient (Wildman–Crippen LogP) is 3.71. The zero-order chi connectivity index (χ0) is 15.0. The minimum atomic E-state index is 0.110. The van der Waals surface area contributed by atoms with Crippen molar-refractivity contribution in [3.63, 3.8) is 0 Å². The van der Waals surface area contributed by atoms with E-state index in [1.807, 2.05) is 31.3 Å². The molecule has 0 saturated heterocycles. The van der Waals surface area contributed by atoms with E-state index in [-0.39, 0.29) is 5.91 Å². The number of nitrogens with zero attached hydrogens (tertiary/aromatic N) is 2. The van der Waals surface area contributed by atoms with Crippen LogP contribution in [0, 0.1) is 13.8 Å². The number of hydrogen-bond acceptors (Lipinski definition) is 1. The van der Waals surface area contributed by atoms with Gasteiger partial charge in [0.1, 0.15) is 0 Å². The Balaban J connectivity index is 1.80. The Morgan fingerprint density at radius 1 is 1.24 bits per heavy atom. The number of amides is 1. The number of carbonyl (C=O) groups is 1. The van der Waals surface area contributed by atoms with E-state index in [2.05, 4.69) is 30.5 Å². The molecule has 3 heteroatoms. The molecule has 1 aliphatic rings. The normalized spacial score (nSPS) is 14.2. The number of aryl methyl sites for hydroxylation is 1. The van der Waals surface area contributed by atoms with Gasteiger partial charge in [0.15, 0.2) is 0 Å². The molecule has 1 aromatic heterocycles. The fraction of sp³-hybridized carbons (Fsp3) is 0.389. The average molecular weight is 282 g/mol. The van der Waals surface area contributed by atoms with Crippen molar-refractivity contribution < 1.29 is 4.79 Å². The van der Waals surface area contributed by atoms with E-state index in [0.29, 0.717) is 12.6 Å². The largest absolute Gasteiger partial charge is 0.345 e. The molecule has 1 amide bonds. The molecule has 0 spiro atoms. The first-order valence-electron chi connectivity index (χ1n) is 7.55. The fourth-order valence-corrected chi connectivity index (χ4v) is 3.02. The van der Waals surface area contributed by atoms with E-state index < -0.39 is 0 Å². The van der Waals surface area contributed by atoms with Crippen molar-refractivity contribution in [3.05, 3.63) is 58.9 Å². The number of aromatic nitrogens is 1. The van der Waals surface area contributed by atoms with Gasteiger partial charge < -0.3 is 9.47 Å². The summed E-state index contributed by atoms with van der Waals surface area (Å²) in [6.07, 6.45) is 2.48. The standard InChI is InChI=1S/C18H22N2O/c1-13-11-17(14(2)20(13)16-9-10-16)18(21)19(3)12-15-7-5-4-6-8-15/h4-8,11,16H,9-10,12H2,1-3H3. The van der Waals surface area contributed by atoms with Gasteiger partial charge in [-0.2, -0.15) is 0 Å². The lowest BCUT2D eigenvalue weighted by Crippen LogP contribution is -2.26. The maximum atomic E-state index is 12.7. The molecule has 1 aromatic carbocycles. The first kappa shape index (κ1) is 13.9. The zero-order valence-corrected chi connectivity index (χ0v) is 13.0. The van der Waals surface area contributed by atoms with Gasteiger partial charge in [-0.1, -0.05) is 30.3 Å². The van der Waals surface area contributed by atoms with Gasteiger partial charge in [0.05, 0.1) is 5.56 Å². The lowest BCUT2D eigenvalue weighted by molar-refractivity contribution is 0.0784. The third-order valence-electron chi connectivity index (χ3n) is 4.24. The van der Waals surface area contributed by atoms with Crippen LogP contribution in [0.25, 0.3) is 0 Å². The molecule has 0 bridgehead atoms. The summed E-state index contributed by atoms with van der Waals surface area (Å²) in [5, 5.41) is 0. The summed E-state index contributed by atoms with van der Waals surface area (Å²) >= 11 is 0. The summed E-state index contributed by atoms with van der Waals surface area (Å²) in [6.45, 7) is 4.81. The van der Waals surface area contributed by atoms with E-state index in [1.165, 1.54) is 18.5 Å². The third kappa shape index (κ3) is 2.73. The first-order chi connectivity index (χ1) is 10.1. The molecule has 0 aliphatic heterocycles. The van der Waals surface area contributed by atoms with Crippen LogP contribution in [0.15, 0.2) is 36.4 Å². The van der Waals surface area contributed by atoms with Gasteiger partial charge >= 0.3 is 0 Å². The first-order valence-corrected chi connectivity index (χ1v) is 7.55. The monoisotopic (exact) mass is 282 g/mol. The summed E-state index contributed by atoms with van der Waals surface area (Å²) < 4.78 is 2.32. The van der Waals surface area contributed by atoms with Crippen molar-refractivity contribution in [2.45, 2.75) is 39.3 Å². The van der Waals surface area contributed by atoms with Crippen LogP contribution in [0.5, 0.6) is 0 Å². The summed E-state index contributed by atoms with van der Waals surface area (Å²) in [5.41, 5.74) is 4.31. The summed E-state index contributed by atoms with van der Waals surface area (Å²) in [6, 6.07) is 12.8. The van der Waals surface area contributed by atoms with E-state index in [1.54, 1.807) is 4.90 Å². The van der Waals surface area contributed by atoms with Crippen molar-refractivity contribution in [3.8, 4) is 0 Å². The molecule has 21 heavy (non-hydrogen) atoms. The smallest absolute Gasteiger partial charge is 0.255 e. The zero-order valence-electron chi connectivity index (χ0n) is 13.0. The predicted molar refractivity (Wildman–Crippen MR) is 84.4 cm³/mol. The molecule has 0 N–H and O–H groups in total. The van der Waals surface area contributed by atoms with Crippen LogP contribution in [0.4, 0.5) is 0 Å². The quantitative estimate of drug-likeness (QED) is 0.839. The minimum Gasteiger partial charge on any atom is -0.345 e. The number of hydrogen-bond donors (Lipinski definition) is 0. The summed E-state index contributed by atoms with van der Waals surface area (Å²) in [4.78, 5) is 14.5. The molecule has 1 saturated carbocycles. The molecule has 0 atom stereocenters. The fourth-order valence-electron chi connectivity index (χ4n) is 3.02. The molecule has 1 heterocycles. The Hall–Kier alpha value is -2.03. The number of rotatable bonds is 4. The topological polar surface area (TPSA) is 25.2 Å². The molecule has 0 unspecified atom stereocenters. The third-order valence-corrected chi connectivity index (χ3v) is 4.24. The van der Waals surface area contributed by atoms with Gasteiger partial charge in [-0.3, -0.25) is 4.79 Å². The van der Waals surface area contributed by atoms with Crippen LogP contribution in [0.2, 0.25) is 0 Å². The van der Waals surface area contributed by atoms with Crippen molar-refractivity contribution in [1.29, 1.82) is 0 Å². The van der Waals surface area contributed by atoms with Gasteiger partial charge in [-0.05, 0) is 38.3 Å². The van der Waals surface area contributed by atoms with Crippen molar-refractivity contribution in [2.24, 2.45) is 0 Å². The van der Waals surface area contributed by atoms with Gasteiger partial charge in [-0.15, -0.1) is 0 Å². The van der Waals surface area contributed by atoms with Crippen molar-refractivity contribution in [1.82, 2.24) is 9.47 Å². The highest BCUT2D eigenvalue weighted by Crippen LogP contribution is 2.38. The van der Waals surface area contributed by atoms with Crippen LogP contribution in [-0.2, 0) is 6.54 Å². The number of benzene rings is 1. The minimum absolute atomic E-state index is 0.110. The SMILES string of the molecule is Cc1cc(C(=O)N(C)Cc2ccccc2)c(C)n1C1CC1. The molecule has 0 radical (unpaired) electrons. The molecular formula is C18H22N2O. The van der Waals surface area contributed by atoms with Crippen LogP contribution >= 0.6 is 0 Å². The Kier molecular flexibility index (Phi) is 3.58. The van der Waals surface area contributed by atoms with E-state index in [9.17, 15) is 4.79 Å². The summed E-state index contributed by atoms with van der Waals surface area (Å²) in [7, 11) is 1.87. The van der Waals surface area contributed by atoms with Crippen LogP contribution in [0.3, 0.4) is 0 Å². The van der Waals surface area contributed by atoms with Gasteiger partial charge in [0.25, 0.3) is 5.91 Å². The Labute approximate surface area is 126 Å². The van der Waals surface area contributed by atoms with Gasteiger partial charge in [0.2, 0.25) is 0 Å². The second-order valence-electron chi connectivity index (χ2n) is 6.03. The molecular weight excluding hydrogens is 260 g/mol. The Morgan fingerprint density at radius 2 is 1.90 bits per heavy atom. The highest BCUT2D eigenvalue weighted by atomic mass is 16.2. The van der Waals surface area contributed by atoms with E-state index in [0.717, 1.165) is 16.8 Å². The number of carbonyl (C=O) groups excluding carboxylic acids is 1. The van der Waals surface area contributed by atoms with Crippen LogP contribution < -0.4 is 0 Å². The van der Waals surface area contributed by atoms with Crippen LogP contribution in [-0.4, -0.2) is 22.4 Å². The molecule has 2 aromatic rings. The molecule has 3 nitrogen and oxygen atoms in total. The maximum absolute atomic E-state index is 12.7. The van der Waals surface area contributed by atoms with Crippen molar-refractivity contribution >= 4 is 5.91 Å². The second-order valence-corrected chi connectivity index (χ2v) is 6.03. The highest BCUT2D eigenvalue weighted by Gasteiger charge is 2.29. The van der Waals surface area contributed by atoms with Crippen LogP contribution in [0.1, 0.15) is 46.2 Å². The van der Waals surface area contributed by atoms with Gasteiger partial charge in [0, 0.05) is 31.0 Å². The highest BCUT2D eigenvalue weighted by molar-refractivity contribution is 5.95. The second kappa shape index (κ2) is 5.40. The lowest BCUT2D eigenvalue weighted by atomic mass is 10.2. The Bertz CT molecular complexity index is 653.